The Bertz CT molecular complexity index is 449. The lowest BCUT2D eigenvalue weighted by molar-refractivity contribution is -0.137. The van der Waals surface area contributed by atoms with Crippen LogP contribution in [-0.2, 0) is 9.53 Å². The lowest BCUT2D eigenvalue weighted by atomic mass is 9.58. The Kier molecular flexibility index (Phi) is 3.68. The molecule has 0 aromatic carbocycles. The summed E-state index contributed by atoms with van der Waals surface area (Å²) in [7, 11) is 1.38. The first-order valence-electron chi connectivity index (χ1n) is 6.72. The van der Waals surface area contributed by atoms with E-state index in [9.17, 15) is 9.90 Å². The van der Waals surface area contributed by atoms with E-state index in [4.69, 9.17) is 4.74 Å². The van der Waals surface area contributed by atoms with E-state index < -0.39 is 6.10 Å². The van der Waals surface area contributed by atoms with Crippen molar-refractivity contribution in [1.82, 2.24) is 0 Å². The number of aliphatic hydroxyl groups is 1. The van der Waals surface area contributed by atoms with E-state index in [1.807, 2.05) is 6.08 Å². The molecule has 0 spiro atoms. The zero-order valence-corrected chi connectivity index (χ0v) is 11.7. The van der Waals surface area contributed by atoms with Gasteiger partial charge in [-0.1, -0.05) is 32.2 Å². The van der Waals surface area contributed by atoms with Crippen LogP contribution in [0.5, 0.6) is 0 Å². The van der Waals surface area contributed by atoms with Crippen LogP contribution in [0.25, 0.3) is 0 Å². The van der Waals surface area contributed by atoms with Gasteiger partial charge >= 0.3 is 5.97 Å². The number of carbonyl (C=O) groups excluding carboxylic acids is 1. The van der Waals surface area contributed by atoms with Crippen LogP contribution < -0.4 is 0 Å². The van der Waals surface area contributed by atoms with Gasteiger partial charge in [0, 0.05) is 5.57 Å². The summed E-state index contributed by atoms with van der Waals surface area (Å²) in [6, 6.07) is 0. The fraction of sp³-hybridized carbons (Fsp3) is 0.562. The minimum atomic E-state index is -0.566. The van der Waals surface area contributed by atoms with Crippen LogP contribution in [0.3, 0.4) is 0 Å². The summed E-state index contributed by atoms with van der Waals surface area (Å²) >= 11 is 0. The second-order valence-electron chi connectivity index (χ2n) is 5.93. The van der Waals surface area contributed by atoms with Crippen LogP contribution in [-0.4, -0.2) is 24.3 Å². The van der Waals surface area contributed by atoms with E-state index in [0.717, 1.165) is 24.8 Å². The van der Waals surface area contributed by atoms with E-state index in [2.05, 4.69) is 26.2 Å². The number of methoxy groups -OCH3 is 1. The molecule has 0 saturated heterocycles. The number of rotatable bonds is 2. The summed E-state index contributed by atoms with van der Waals surface area (Å²) in [6.45, 7) is 10.1. The highest BCUT2D eigenvalue weighted by atomic mass is 16.5. The molecule has 1 saturated carbocycles. The Balaban J connectivity index is 2.19. The van der Waals surface area contributed by atoms with Crippen LogP contribution in [0.15, 0.2) is 36.5 Å². The molecule has 4 atom stereocenters. The molecule has 0 amide bonds. The number of carbonyl (C=O) groups is 1. The van der Waals surface area contributed by atoms with E-state index in [1.165, 1.54) is 7.11 Å². The van der Waals surface area contributed by atoms with Gasteiger partial charge in [-0.25, -0.2) is 4.79 Å². The third-order valence-corrected chi connectivity index (χ3v) is 4.77. The van der Waals surface area contributed by atoms with Gasteiger partial charge in [-0.05, 0) is 42.1 Å². The first kappa shape index (κ1) is 14.1. The molecule has 0 radical (unpaired) electrons. The van der Waals surface area contributed by atoms with Crippen molar-refractivity contribution in [3.05, 3.63) is 36.5 Å². The van der Waals surface area contributed by atoms with Gasteiger partial charge in [-0.2, -0.15) is 0 Å². The van der Waals surface area contributed by atoms with Gasteiger partial charge in [0.1, 0.15) is 0 Å². The van der Waals surface area contributed by atoms with Crippen LogP contribution in [0.4, 0.5) is 0 Å². The van der Waals surface area contributed by atoms with Gasteiger partial charge in [-0.15, -0.1) is 0 Å². The fourth-order valence-corrected chi connectivity index (χ4v) is 3.36. The maximum atomic E-state index is 11.6. The Morgan fingerprint density at radius 3 is 2.89 bits per heavy atom. The molecule has 19 heavy (non-hydrogen) atoms. The predicted molar refractivity (Wildman–Crippen MR) is 74.4 cm³/mol. The SMILES string of the molecule is C=C(C(=O)OC)[C@@H]1CC[C@@]2(C)C=C[C@H](O)C(=C)[C@@H]2C1. The predicted octanol–water partition coefficient (Wildman–Crippen LogP) is 2.63. The highest BCUT2D eigenvalue weighted by molar-refractivity contribution is 5.88. The summed E-state index contributed by atoms with van der Waals surface area (Å²) in [4.78, 5) is 11.6. The average molecular weight is 262 g/mol. The highest BCUT2D eigenvalue weighted by Crippen LogP contribution is 2.51. The van der Waals surface area contributed by atoms with Crippen molar-refractivity contribution in [1.29, 1.82) is 0 Å². The normalized spacial score (nSPS) is 37.6. The summed E-state index contributed by atoms with van der Waals surface area (Å²) < 4.78 is 4.75. The van der Waals surface area contributed by atoms with Gasteiger partial charge in [0.15, 0.2) is 0 Å². The molecule has 2 aliphatic rings. The number of ether oxygens (including phenoxy) is 1. The van der Waals surface area contributed by atoms with Gasteiger partial charge in [0.25, 0.3) is 0 Å². The maximum absolute atomic E-state index is 11.6. The van der Waals surface area contributed by atoms with Crippen LogP contribution >= 0.6 is 0 Å². The molecular weight excluding hydrogens is 240 g/mol. The van der Waals surface area contributed by atoms with E-state index in [1.54, 1.807) is 0 Å². The number of aliphatic hydroxyl groups excluding tert-OH is 1. The second-order valence-corrected chi connectivity index (χ2v) is 5.93. The van der Waals surface area contributed by atoms with Gasteiger partial charge in [-0.3, -0.25) is 0 Å². The van der Waals surface area contributed by atoms with Crippen molar-refractivity contribution in [2.24, 2.45) is 17.3 Å². The Morgan fingerprint density at radius 2 is 2.26 bits per heavy atom. The van der Waals surface area contributed by atoms with Gasteiger partial charge in [0.2, 0.25) is 0 Å². The smallest absolute Gasteiger partial charge is 0.333 e. The molecule has 0 bridgehead atoms. The quantitative estimate of drug-likeness (QED) is 0.473. The molecule has 0 aromatic rings. The van der Waals surface area contributed by atoms with Crippen molar-refractivity contribution >= 4 is 5.97 Å². The number of fused-ring (bicyclic) bond motifs is 1. The molecule has 2 aliphatic carbocycles. The lowest BCUT2D eigenvalue weighted by Crippen LogP contribution is -2.40. The van der Waals surface area contributed by atoms with Crippen molar-refractivity contribution in [3.8, 4) is 0 Å². The molecule has 2 rings (SSSR count). The van der Waals surface area contributed by atoms with Crippen molar-refractivity contribution in [2.75, 3.05) is 7.11 Å². The summed E-state index contributed by atoms with van der Waals surface area (Å²) in [6.07, 6.45) is 6.07. The number of esters is 1. The molecular formula is C16H22O3. The number of hydrogen-bond donors (Lipinski definition) is 1. The Hall–Kier alpha value is -1.35. The standard InChI is InChI=1S/C16H22O3/c1-10(15(18)19-4)12-5-7-16(3)8-6-14(17)11(2)13(16)9-12/h6,8,12-14,17H,1-2,5,7,9H2,3-4H3/t12-,13+,14+,16+/m1/s1. The lowest BCUT2D eigenvalue weighted by Gasteiger charge is -2.47. The molecule has 3 nitrogen and oxygen atoms in total. The molecule has 0 aromatic heterocycles. The molecule has 104 valence electrons. The summed E-state index contributed by atoms with van der Waals surface area (Å²) in [5.74, 6) is -0.000235. The van der Waals surface area contributed by atoms with Crippen LogP contribution in [0.2, 0.25) is 0 Å². The highest BCUT2D eigenvalue weighted by Gasteiger charge is 2.44. The third kappa shape index (κ3) is 2.39. The van der Waals surface area contributed by atoms with E-state index in [-0.39, 0.29) is 23.2 Å². The second kappa shape index (κ2) is 4.97. The van der Waals surface area contributed by atoms with Crippen molar-refractivity contribution in [3.63, 3.8) is 0 Å². The average Bonchev–Trinajstić information content (AvgIpc) is 2.41. The molecule has 0 unspecified atom stereocenters. The van der Waals surface area contributed by atoms with Crippen LogP contribution in [0.1, 0.15) is 26.2 Å². The topological polar surface area (TPSA) is 46.5 Å². The zero-order chi connectivity index (χ0) is 14.2. The Labute approximate surface area is 114 Å². The van der Waals surface area contributed by atoms with E-state index >= 15 is 0 Å². The zero-order valence-electron chi connectivity index (χ0n) is 11.7. The van der Waals surface area contributed by atoms with Crippen LogP contribution in [0, 0.1) is 17.3 Å². The van der Waals surface area contributed by atoms with Crippen molar-refractivity contribution < 1.29 is 14.6 Å². The minimum Gasteiger partial charge on any atom is -0.466 e. The maximum Gasteiger partial charge on any atom is 0.333 e. The summed E-state index contributed by atoms with van der Waals surface area (Å²) in [5, 5.41) is 9.91. The summed E-state index contributed by atoms with van der Waals surface area (Å²) in [5.41, 5.74) is 1.44. The van der Waals surface area contributed by atoms with Gasteiger partial charge in [0.05, 0.1) is 13.2 Å². The molecule has 3 heteroatoms. The number of allylic oxidation sites excluding steroid dienone is 1. The van der Waals surface area contributed by atoms with Gasteiger partial charge < -0.3 is 9.84 Å². The molecule has 1 fully saturated rings. The minimum absolute atomic E-state index is 0.0449. The molecule has 0 heterocycles. The fourth-order valence-electron chi connectivity index (χ4n) is 3.36. The molecule has 0 aliphatic heterocycles. The third-order valence-electron chi connectivity index (χ3n) is 4.77. The van der Waals surface area contributed by atoms with Crippen molar-refractivity contribution in [2.45, 2.75) is 32.3 Å². The van der Waals surface area contributed by atoms with E-state index in [0.29, 0.717) is 5.57 Å². The monoisotopic (exact) mass is 262 g/mol. The first-order valence-corrected chi connectivity index (χ1v) is 6.72. The largest absolute Gasteiger partial charge is 0.466 e. The molecule has 1 N–H and O–H groups in total. The first-order chi connectivity index (χ1) is 8.89. The number of hydrogen-bond acceptors (Lipinski definition) is 3. The Morgan fingerprint density at radius 1 is 1.58 bits per heavy atom.